The van der Waals surface area contributed by atoms with Gasteiger partial charge in [-0.05, 0) is 25.4 Å². The number of carbonyl (C=O) groups excluding carboxylic acids is 3. The molecular formula is C18H28N6O7S. The molecule has 0 aliphatic carbocycles. The van der Waals surface area contributed by atoms with E-state index >= 15 is 0 Å². The van der Waals surface area contributed by atoms with Crippen molar-refractivity contribution in [2.75, 3.05) is 12.0 Å². The number of nitrogens with zero attached hydrogens (tertiary/aromatic N) is 1. The summed E-state index contributed by atoms with van der Waals surface area (Å²) in [5.41, 5.74) is 6.23. The number of carboxylic acids is 2. The van der Waals surface area contributed by atoms with Crippen molar-refractivity contribution < 1.29 is 34.2 Å². The van der Waals surface area contributed by atoms with Crippen LogP contribution in [0.4, 0.5) is 0 Å². The van der Waals surface area contributed by atoms with Crippen molar-refractivity contribution in [3.63, 3.8) is 0 Å². The number of aromatic amines is 1. The molecule has 178 valence electrons. The number of imidazole rings is 1. The summed E-state index contributed by atoms with van der Waals surface area (Å²) in [6.45, 7) is 1.25. The van der Waals surface area contributed by atoms with Gasteiger partial charge in [-0.2, -0.15) is 11.8 Å². The lowest BCUT2D eigenvalue weighted by Crippen LogP contribution is -2.57. The molecule has 0 spiro atoms. The van der Waals surface area contributed by atoms with Crippen molar-refractivity contribution >= 4 is 41.4 Å². The maximum Gasteiger partial charge on any atom is 0.325 e. The van der Waals surface area contributed by atoms with Gasteiger partial charge >= 0.3 is 11.9 Å². The molecule has 32 heavy (non-hydrogen) atoms. The molecule has 0 bridgehead atoms. The number of rotatable bonds is 14. The summed E-state index contributed by atoms with van der Waals surface area (Å²) in [4.78, 5) is 66.4. The van der Waals surface area contributed by atoms with Crippen LogP contribution in [0.25, 0.3) is 0 Å². The van der Waals surface area contributed by atoms with Crippen LogP contribution in [0.2, 0.25) is 0 Å². The molecule has 0 radical (unpaired) electrons. The maximum atomic E-state index is 12.8. The van der Waals surface area contributed by atoms with E-state index < -0.39 is 60.2 Å². The lowest BCUT2D eigenvalue weighted by Gasteiger charge is -2.24. The lowest BCUT2D eigenvalue weighted by atomic mass is 10.1. The van der Waals surface area contributed by atoms with Crippen LogP contribution >= 0.6 is 11.8 Å². The number of thioether (sulfide) groups is 1. The smallest absolute Gasteiger partial charge is 0.325 e. The Hall–Kier alpha value is -3.13. The fourth-order valence-corrected chi connectivity index (χ4v) is 3.00. The van der Waals surface area contributed by atoms with Crippen molar-refractivity contribution in [1.82, 2.24) is 25.9 Å². The topological polar surface area (TPSA) is 217 Å². The first-order valence-corrected chi connectivity index (χ1v) is 11.0. The maximum absolute atomic E-state index is 12.8. The van der Waals surface area contributed by atoms with Crippen molar-refractivity contribution in [2.45, 2.75) is 50.4 Å². The van der Waals surface area contributed by atoms with Crippen LogP contribution < -0.4 is 21.7 Å². The van der Waals surface area contributed by atoms with E-state index in [9.17, 15) is 24.0 Å². The number of nitrogens with one attached hydrogen (secondary N) is 4. The normalized spacial score (nSPS) is 14.5. The SMILES string of the molecule is CSCCC(N)C(=O)NC(CC(=O)O)C(=O)NC(Cc1cnc[nH]1)C(=O)NC(C)C(=O)O. The zero-order valence-corrected chi connectivity index (χ0v) is 18.5. The Kier molecular flexibility index (Phi) is 11.2. The van der Waals surface area contributed by atoms with E-state index in [1.807, 2.05) is 6.26 Å². The summed E-state index contributed by atoms with van der Waals surface area (Å²) in [5, 5.41) is 25.1. The average molecular weight is 473 g/mol. The second-order valence-corrected chi connectivity index (χ2v) is 7.94. The number of carboxylic acid groups (broad SMARTS) is 2. The molecule has 8 N–H and O–H groups in total. The molecule has 3 amide bonds. The van der Waals surface area contributed by atoms with E-state index in [1.54, 1.807) is 0 Å². The molecule has 0 aliphatic heterocycles. The van der Waals surface area contributed by atoms with Crippen LogP contribution in [0.15, 0.2) is 12.5 Å². The second-order valence-electron chi connectivity index (χ2n) is 6.96. The Balaban J connectivity index is 2.97. The van der Waals surface area contributed by atoms with E-state index in [4.69, 9.17) is 15.9 Å². The summed E-state index contributed by atoms with van der Waals surface area (Å²) in [6.07, 6.45) is 4.11. The molecule has 1 aromatic rings. The van der Waals surface area contributed by atoms with Crippen molar-refractivity contribution in [3.8, 4) is 0 Å². The van der Waals surface area contributed by atoms with Gasteiger partial charge in [0.15, 0.2) is 0 Å². The van der Waals surface area contributed by atoms with Gasteiger partial charge < -0.3 is 36.9 Å². The van der Waals surface area contributed by atoms with Gasteiger partial charge in [0.1, 0.15) is 18.1 Å². The number of H-pyrrole nitrogens is 1. The lowest BCUT2D eigenvalue weighted by molar-refractivity contribution is -0.143. The number of carbonyl (C=O) groups is 5. The van der Waals surface area contributed by atoms with Crippen LogP contribution in [0.3, 0.4) is 0 Å². The summed E-state index contributed by atoms with van der Waals surface area (Å²) in [5.74, 6) is -4.47. The van der Waals surface area contributed by atoms with Crippen LogP contribution in [0.5, 0.6) is 0 Å². The summed E-state index contributed by atoms with van der Waals surface area (Å²) in [6, 6.07) is -4.92. The Morgan fingerprint density at radius 1 is 1.09 bits per heavy atom. The number of aliphatic carboxylic acids is 2. The quantitative estimate of drug-likeness (QED) is 0.159. The highest BCUT2D eigenvalue weighted by Gasteiger charge is 2.31. The van der Waals surface area contributed by atoms with Gasteiger partial charge in [0.2, 0.25) is 17.7 Å². The van der Waals surface area contributed by atoms with E-state index in [0.717, 1.165) is 0 Å². The third-order valence-corrected chi connectivity index (χ3v) is 4.97. The van der Waals surface area contributed by atoms with Gasteiger partial charge in [0.25, 0.3) is 0 Å². The third kappa shape index (κ3) is 9.34. The summed E-state index contributed by atoms with van der Waals surface area (Å²) < 4.78 is 0. The van der Waals surface area contributed by atoms with Gasteiger partial charge in [-0.1, -0.05) is 0 Å². The Bertz CT molecular complexity index is 804. The molecule has 1 aromatic heterocycles. The average Bonchev–Trinajstić information content (AvgIpc) is 3.23. The first kappa shape index (κ1) is 26.9. The van der Waals surface area contributed by atoms with E-state index in [0.29, 0.717) is 17.9 Å². The second kappa shape index (κ2) is 13.3. The molecule has 0 aromatic carbocycles. The van der Waals surface area contributed by atoms with Crippen molar-refractivity contribution in [1.29, 1.82) is 0 Å². The molecular weight excluding hydrogens is 444 g/mol. The molecule has 14 heteroatoms. The largest absolute Gasteiger partial charge is 0.481 e. The Morgan fingerprint density at radius 3 is 2.25 bits per heavy atom. The summed E-state index contributed by atoms with van der Waals surface area (Å²) in [7, 11) is 0. The molecule has 0 aliphatic rings. The zero-order valence-electron chi connectivity index (χ0n) is 17.7. The molecule has 1 rings (SSSR count). The highest BCUT2D eigenvalue weighted by atomic mass is 32.2. The fourth-order valence-electron chi connectivity index (χ4n) is 2.51. The number of hydrogen-bond donors (Lipinski definition) is 7. The first-order chi connectivity index (χ1) is 15.0. The first-order valence-electron chi connectivity index (χ1n) is 9.62. The Morgan fingerprint density at radius 2 is 1.72 bits per heavy atom. The van der Waals surface area contributed by atoms with Crippen LogP contribution in [0, 0.1) is 0 Å². The standard InChI is InChI=1S/C18H28N6O7S/c1-9(18(30)31)22-16(28)12(5-10-7-20-8-21-10)24-17(29)13(6-14(25)26)23-15(27)11(19)3-4-32-2/h7-9,11-13H,3-6,19H2,1-2H3,(H,20,21)(H,22,28)(H,23,27)(H,24,29)(H,25,26)(H,30,31). The Labute approximate surface area is 188 Å². The summed E-state index contributed by atoms with van der Waals surface area (Å²) >= 11 is 1.48. The highest BCUT2D eigenvalue weighted by molar-refractivity contribution is 7.98. The highest BCUT2D eigenvalue weighted by Crippen LogP contribution is 2.04. The number of amides is 3. The minimum absolute atomic E-state index is 0.0785. The number of hydrogen-bond acceptors (Lipinski definition) is 8. The van der Waals surface area contributed by atoms with Gasteiger partial charge in [-0.15, -0.1) is 0 Å². The minimum Gasteiger partial charge on any atom is -0.481 e. The number of nitrogens with two attached hydrogens (primary N) is 1. The van der Waals surface area contributed by atoms with E-state index in [-0.39, 0.29) is 6.42 Å². The molecule has 13 nitrogen and oxygen atoms in total. The number of aromatic nitrogens is 2. The van der Waals surface area contributed by atoms with Crippen molar-refractivity contribution in [3.05, 3.63) is 18.2 Å². The molecule has 0 saturated heterocycles. The predicted molar refractivity (Wildman–Crippen MR) is 115 cm³/mol. The van der Waals surface area contributed by atoms with Gasteiger partial charge in [0.05, 0.1) is 18.8 Å². The molecule has 0 saturated carbocycles. The van der Waals surface area contributed by atoms with Gasteiger partial charge in [0, 0.05) is 18.3 Å². The van der Waals surface area contributed by atoms with Gasteiger partial charge in [-0.25, -0.2) is 4.98 Å². The minimum atomic E-state index is -1.49. The van der Waals surface area contributed by atoms with Crippen LogP contribution in [-0.4, -0.2) is 86.0 Å². The third-order valence-electron chi connectivity index (χ3n) is 4.32. The predicted octanol–water partition coefficient (Wildman–Crippen LogP) is -1.93. The van der Waals surface area contributed by atoms with E-state index in [1.165, 1.54) is 31.2 Å². The van der Waals surface area contributed by atoms with Gasteiger partial charge in [-0.3, -0.25) is 24.0 Å². The molecule has 4 unspecified atom stereocenters. The zero-order chi connectivity index (χ0) is 24.3. The molecule has 0 fully saturated rings. The molecule has 1 heterocycles. The molecule has 4 atom stereocenters. The van der Waals surface area contributed by atoms with Crippen LogP contribution in [0.1, 0.15) is 25.5 Å². The van der Waals surface area contributed by atoms with Crippen molar-refractivity contribution in [2.24, 2.45) is 5.73 Å². The van der Waals surface area contributed by atoms with E-state index in [2.05, 4.69) is 25.9 Å². The van der Waals surface area contributed by atoms with Crippen LogP contribution in [-0.2, 0) is 30.4 Å². The monoisotopic (exact) mass is 472 g/mol. The fraction of sp³-hybridized carbons (Fsp3) is 0.556.